The van der Waals surface area contributed by atoms with Gasteiger partial charge in [0.05, 0.1) is 18.2 Å². The molecule has 0 bridgehead atoms. The first-order valence-electron chi connectivity index (χ1n) is 11.1. The largest absolute Gasteiger partial charge is 0.507 e. The number of rotatable bonds is 8. The average molecular weight is 458 g/mol. The van der Waals surface area contributed by atoms with E-state index in [1.165, 1.54) is 4.90 Å². The first-order valence-corrected chi connectivity index (χ1v) is 11.1. The first kappa shape index (κ1) is 23.3. The topological polar surface area (TPSA) is 76.1 Å². The van der Waals surface area contributed by atoms with Crippen molar-refractivity contribution in [2.45, 2.75) is 19.6 Å². The van der Waals surface area contributed by atoms with E-state index in [1.54, 1.807) is 19.2 Å². The molecular weight excluding hydrogens is 430 g/mol. The minimum Gasteiger partial charge on any atom is -0.507 e. The maximum absolute atomic E-state index is 13.0. The van der Waals surface area contributed by atoms with Crippen LogP contribution in [0.5, 0.6) is 5.75 Å². The molecule has 34 heavy (non-hydrogen) atoms. The Morgan fingerprint density at radius 3 is 2.29 bits per heavy atom. The zero-order chi connectivity index (χ0) is 24.1. The minimum absolute atomic E-state index is 0.0772. The van der Waals surface area contributed by atoms with Crippen molar-refractivity contribution >= 4 is 17.4 Å². The summed E-state index contributed by atoms with van der Waals surface area (Å²) in [6.45, 7) is 2.78. The molecule has 0 unspecified atom stereocenters. The fourth-order valence-corrected chi connectivity index (χ4v) is 4.16. The zero-order valence-corrected chi connectivity index (χ0v) is 19.2. The van der Waals surface area contributed by atoms with Crippen LogP contribution in [0.15, 0.2) is 84.4 Å². The summed E-state index contributed by atoms with van der Waals surface area (Å²) in [5.41, 5.74) is 3.09. The number of aliphatic hydroxyl groups is 1. The first-order chi connectivity index (χ1) is 16.5. The van der Waals surface area contributed by atoms with Crippen LogP contribution in [0.4, 0.5) is 0 Å². The van der Waals surface area contributed by atoms with E-state index >= 15 is 0 Å². The SMILES string of the molecule is COCCN1C(=O)C(=O)/C(=C(/O)c2ccc(OCc3ccccc3)cc2C)[C@H]1c1ccccc1. The molecule has 1 aliphatic heterocycles. The normalized spacial score (nSPS) is 17.2. The van der Waals surface area contributed by atoms with Gasteiger partial charge in [-0.3, -0.25) is 9.59 Å². The lowest BCUT2D eigenvalue weighted by atomic mass is 9.94. The summed E-state index contributed by atoms with van der Waals surface area (Å²) < 4.78 is 11.0. The molecule has 1 heterocycles. The molecule has 3 aromatic carbocycles. The van der Waals surface area contributed by atoms with Gasteiger partial charge in [0.2, 0.25) is 0 Å². The van der Waals surface area contributed by atoms with Crippen molar-refractivity contribution in [1.82, 2.24) is 4.90 Å². The van der Waals surface area contributed by atoms with Crippen LogP contribution in [0.25, 0.3) is 5.76 Å². The van der Waals surface area contributed by atoms with Gasteiger partial charge in [0.1, 0.15) is 18.1 Å². The highest BCUT2D eigenvalue weighted by Gasteiger charge is 2.45. The Hall–Kier alpha value is -3.90. The second kappa shape index (κ2) is 10.4. The second-order valence-electron chi connectivity index (χ2n) is 8.15. The lowest BCUT2D eigenvalue weighted by Crippen LogP contribution is -2.32. The fourth-order valence-electron chi connectivity index (χ4n) is 4.16. The molecule has 0 saturated carbocycles. The Labute approximate surface area is 199 Å². The molecule has 174 valence electrons. The third kappa shape index (κ3) is 4.72. The van der Waals surface area contributed by atoms with Crippen LogP contribution in [0.3, 0.4) is 0 Å². The van der Waals surface area contributed by atoms with Crippen molar-refractivity contribution in [2.24, 2.45) is 0 Å². The molecule has 3 aromatic rings. The third-order valence-corrected chi connectivity index (χ3v) is 5.89. The maximum atomic E-state index is 13.0. The van der Waals surface area contributed by atoms with Crippen molar-refractivity contribution in [3.05, 3.63) is 107 Å². The quantitative estimate of drug-likeness (QED) is 0.303. The number of Topliss-reactive ketones (excluding diaryl/α,β-unsaturated/α-hetero) is 1. The van der Waals surface area contributed by atoms with Crippen LogP contribution in [0.2, 0.25) is 0 Å². The van der Waals surface area contributed by atoms with Crippen LogP contribution in [-0.4, -0.2) is 42.0 Å². The Balaban J connectivity index is 1.68. The van der Waals surface area contributed by atoms with Crippen LogP contribution in [-0.2, 0) is 20.9 Å². The number of hydrogen-bond donors (Lipinski definition) is 1. The molecule has 1 fully saturated rings. The van der Waals surface area contributed by atoms with Crippen molar-refractivity contribution in [2.75, 3.05) is 20.3 Å². The van der Waals surface area contributed by atoms with Crippen molar-refractivity contribution in [1.29, 1.82) is 0 Å². The molecule has 0 aliphatic carbocycles. The fraction of sp³-hybridized carbons (Fsp3) is 0.214. The highest BCUT2D eigenvalue weighted by Crippen LogP contribution is 2.40. The van der Waals surface area contributed by atoms with E-state index in [0.717, 1.165) is 16.7 Å². The molecular formula is C28H27NO5. The number of amides is 1. The molecule has 0 aromatic heterocycles. The van der Waals surface area contributed by atoms with Gasteiger partial charge in [0, 0.05) is 19.2 Å². The number of aliphatic hydroxyl groups excluding tert-OH is 1. The van der Waals surface area contributed by atoms with E-state index in [4.69, 9.17) is 9.47 Å². The standard InChI is InChI=1S/C28H27NO5/c1-19-17-22(34-18-20-9-5-3-6-10-20)13-14-23(19)26(30)24-25(21-11-7-4-8-12-21)29(15-16-33-2)28(32)27(24)31/h3-14,17,25,30H,15-16,18H2,1-2H3/b26-24+/t25-/m1/s1. The molecule has 0 spiro atoms. The predicted octanol–water partition coefficient (Wildman–Crippen LogP) is 4.64. The number of ketones is 1. The number of nitrogens with zero attached hydrogens (tertiary/aromatic N) is 1. The molecule has 4 rings (SSSR count). The van der Waals surface area contributed by atoms with Crippen LogP contribution in [0, 0.1) is 6.92 Å². The summed E-state index contributed by atoms with van der Waals surface area (Å²) in [5, 5.41) is 11.3. The van der Waals surface area contributed by atoms with E-state index in [1.807, 2.05) is 73.7 Å². The zero-order valence-electron chi connectivity index (χ0n) is 19.2. The average Bonchev–Trinajstić information content (AvgIpc) is 3.12. The van der Waals surface area contributed by atoms with E-state index in [-0.39, 0.29) is 24.5 Å². The number of hydrogen-bond acceptors (Lipinski definition) is 5. The van der Waals surface area contributed by atoms with Gasteiger partial charge in [-0.1, -0.05) is 60.7 Å². The number of carbonyl (C=O) groups excluding carboxylic acids is 2. The van der Waals surface area contributed by atoms with E-state index in [0.29, 0.717) is 17.9 Å². The van der Waals surface area contributed by atoms with Gasteiger partial charge in [-0.15, -0.1) is 0 Å². The highest BCUT2D eigenvalue weighted by atomic mass is 16.5. The molecule has 1 saturated heterocycles. The van der Waals surface area contributed by atoms with Gasteiger partial charge < -0.3 is 19.5 Å². The maximum Gasteiger partial charge on any atom is 0.295 e. The van der Waals surface area contributed by atoms with Crippen LogP contribution < -0.4 is 4.74 Å². The van der Waals surface area contributed by atoms with Gasteiger partial charge in [-0.25, -0.2) is 0 Å². The van der Waals surface area contributed by atoms with Crippen molar-refractivity contribution < 1.29 is 24.2 Å². The Bertz CT molecular complexity index is 1200. The number of aryl methyl sites for hydroxylation is 1. The monoisotopic (exact) mass is 457 g/mol. The summed E-state index contributed by atoms with van der Waals surface area (Å²) in [4.78, 5) is 27.4. The number of ether oxygens (including phenoxy) is 2. The number of carbonyl (C=O) groups is 2. The summed E-state index contributed by atoms with van der Waals surface area (Å²) >= 11 is 0. The van der Waals surface area contributed by atoms with Crippen LogP contribution in [0.1, 0.15) is 28.3 Å². The molecule has 1 amide bonds. The number of benzene rings is 3. The second-order valence-corrected chi connectivity index (χ2v) is 8.15. The molecule has 1 atom stereocenters. The van der Waals surface area contributed by atoms with E-state index in [9.17, 15) is 14.7 Å². The summed E-state index contributed by atoms with van der Waals surface area (Å²) in [5.74, 6) is -0.892. The Morgan fingerprint density at radius 2 is 1.65 bits per heavy atom. The number of likely N-dealkylation sites (tertiary alicyclic amines) is 1. The Morgan fingerprint density at radius 1 is 0.971 bits per heavy atom. The summed E-state index contributed by atoms with van der Waals surface area (Å²) in [6, 6.07) is 23.7. The molecule has 0 radical (unpaired) electrons. The Kier molecular flexibility index (Phi) is 7.09. The third-order valence-electron chi connectivity index (χ3n) is 5.89. The van der Waals surface area contributed by atoms with Crippen LogP contribution >= 0.6 is 0 Å². The van der Waals surface area contributed by atoms with E-state index < -0.39 is 17.7 Å². The minimum atomic E-state index is -0.703. The molecule has 6 heteroatoms. The molecule has 6 nitrogen and oxygen atoms in total. The summed E-state index contributed by atoms with van der Waals surface area (Å²) in [7, 11) is 1.54. The van der Waals surface area contributed by atoms with Gasteiger partial charge >= 0.3 is 0 Å². The van der Waals surface area contributed by atoms with Gasteiger partial charge in [0.25, 0.3) is 11.7 Å². The molecule has 1 N–H and O–H groups in total. The van der Waals surface area contributed by atoms with Gasteiger partial charge in [-0.2, -0.15) is 0 Å². The number of methoxy groups -OCH3 is 1. The van der Waals surface area contributed by atoms with E-state index in [2.05, 4.69) is 0 Å². The van der Waals surface area contributed by atoms with Crippen molar-refractivity contribution in [3.8, 4) is 5.75 Å². The predicted molar refractivity (Wildman–Crippen MR) is 129 cm³/mol. The van der Waals surface area contributed by atoms with Crippen molar-refractivity contribution in [3.63, 3.8) is 0 Å². The lowest BCUT2D eigenvalue weighted by Gasteiger charge is -2.25. The van der Waals surface area contributed by atoms with Gasteiger partial charge in [-0.05, 0) is 41.8 Å². The molecule has 1 aliphatic rings. The smallest absolute Gasteiger partial charge is 0.295 e. The lowest BCUT2D eigenvalue weighted by molar-refractivity contribution is -0.140. The highest BCUT2D eigenvalue weighted by molar-refractivity contribution is 6.46. The summed E-state index contributed by atoms with van der Waals surface area (Å²) in [6.07, 6.45) is 0. The van der Waals surface area contributed by atoms with Gasteiger partial charge in [0.15, 0.2) is 0 Å².